The average Bonchev–Trinajstić information content (AvgIpc) is 3.33. The summed E-state index contributed by atoms with van der Waals surface area (Å²) in [6, 6.07) is 12.3. The van der Waals surface area contributed by atoms with E-state index in [2.05, 4.69) is 55.9 Å². The van der Waals surface area contributed by atoms with Gasteiger partial charge in [-0.25, -0.2) is 9.78 Å². The Balaban J connectivity index is 1.35. The van der Waals surface area contributed by atoms with E-state index in [1.807, 2.05) is 17.5 Å². The van der Waals surface area contributed by atoms with Crippen LogP contribution >= 0.6 is 11.3 Å². The highest BCUT2D eigenvalue weighted by Crippen LogP contribution is 2.22. The van der Waals surface area contributed by atoms with E-state index in [1.165, 1.54) is 22.0 Å². The number of hydrogen-bond acceptors (Lipinski definition) is 7. The quantitative estimate of drug-likeness (QED) is 0.505. The molecule has 1 saturated heterocycles. The summed E-state index contributed by atoms with van der Waals surface area (Å²) in [5.41, 5.74) is 2.01. The normalized spacial score (nSPS) is 14.3. The smallest absolute Gasteiger partial charge is 0.330 e. The molecule has 0 atom stereocenters. The van der Waals surface area contributed by atoms with Crippen molar-refractivity contribution in [1.29, 1.82) is 0 Å². The van der Waals surface area contributed by atoms with Crippen LogP contribution in [-0.2, 0) is 13.0 Å². The molecule has 32 heavy (non-hydrogen) atoms. The maximum atomic E-state index is 12.9. The summed E-state index contributed by atoms with van der Waals surface area (Å²) >= 11 is 1.61. The number of piperazine rings is 1. The van der Waals surface area contributed by atoms with Gasteiger partial charge >= 0.3 is 5.69 Å². The van der Waals surface area contributed by atoms with Gasteiger partial charge in [-0.2, -0.15) is 4.98 Å². The molecule has 9 heteroatoms. The van der Waals surface area contributed by atoms with Crippen molar-refractivity contribution in [3.63, 3.8) is 0 Å². The minimum Gasteiger partial charge on any atom is -0.368 e. The van der Waals surface area contributed by atoms with Gasteiger partial charge in [-0.3, -0.25) is 14.3 Å². The maximum absolute atomic E-state index is 12.9. The van der Waals surface area contributed by atoms with E-state index < -0.39 is 5.69 Å². The summed E-state index contributed by atoms with van der Waals surface area (Å²) in [6.45, 7) is 5.69. The SMILES string of the molecule is Cc1ccccc1N1CCN(c2ncc3c(=O)n(CCc4cccs4)c(=O)[nH]c3n2)CC1. The summed E-state index contributed by atoms with van der Waals surface area (Å²) in [5, 5.41) is 2.32. The van der Waals surface area contributed by atoms with E-state index in [9.17, 15) is 9.59 Å². The number of thiophene rings is 1. The van der Waals surface area contributed by atoms with E-state index in [1.54, 1.807) is 11.3 Å². The number of rotatable bonds is 5. The lowest BCUT2D eigenvalue weighted by atomic mass is 10.1. The molecular formula is C23H24N6O2S. The first kappa shape index (κ1) is 20.4. The molecule has 0 unspecified atom stereocenters. The van der Waals surface area contributed by atoms with Gasteiger partial charge in [-0.05, 0) is 36.4 Å². The predicted molar refractivity (Wildman–Crippen MR) is 128 cm³/mol. The fourth-order valence-electron chi connectivity index (χ4n) is 4.13. The third-order valence-electron chi connectivity index (χ3n) is 5.90. The number of anilines is 2. The van der Waals surface area contributed by atoms with Gasteiger partial charge in [-0.15, -0.1) is 11.3 Å². The van der Waals surface area contributed by atoms with E-state index in [-0.39, 0.29) is 5.56 Å². The van der Waals surface area contributed by atoms with Crippen molar-refractivity contribution < 1.29 is 0 Å². The van der Waals surface area contributed by atoms with Gasteiger partial charge in [0.15, 0.2) is 5.65 Å². The highest BCUT2D eigenvalue weighted by atomic mass is 32.1. The molecule has 1 aromatic carbocycles. The van der Waals surface area contributed by atoms with Crippen LogP contribution in [0.4, 0.5) is 11.6 Å². The van der Waals surface area contributed by atoms with E-state index in [0.29, 0.717) is 29.9 Å². The van der Waals surface area contributed by atoms with Crippen LogP contribution in [0.3, 0.4) is 0 Å². The van der Waals surface area contributed by atoms with Gasteiger partial charge < -0.3 is 9.80 Å². The van der Waals surface area contributed by atoms with Gasteiger partial charge in [0.1, 0.15) is 5.39 Å². The molecule has 0 spiro atoms. The molecule has 4 heterocycles. The van der Waals surface area contributed by atoms with Crippen LogP contribution in [0.1, 0.15) is 10.4 Å². The van der Waals surface area contributed by atoms with Gasteiger partial charge in [0.25, 0.3) is 5.56 Å². The number of fused-ring (bicyclic) bond motifs is 1. The fraction of sp³-hybridized carbons (Fsp3) is 0.304. The number of aromatic nitrogens is 4. The Labute approximate surface area is 188 Å². The lowest BCUT2D eigenvalue weighted by Crippen LogP contribution is -2.47. The Kier molecular flexibility index (Phi) is 5.48. The van der Waals surface area contributed by atoms with Crippen molar-refractivity contribution in [2.24, 2.45) is 0 Å². The Morgan fingerprint density at radius 1 is 1.03 bits per heavy atom. The predicted octanol–water partition coefficient (Wildman–Crippen LogP) is 2.42. The van der Waals surface area contributed by atoms with Crippen LogP contribution < -0.4 is 21.0 Å². The number of para-hydroxylation sites is 1. The molecule has 3 aromatic heterocycles. The molecule has 0 aliphatic carbocycles. The molecule has 1 aliphatic rings. The molecule has 1 fully saturated rings. The molecule has 0 radical (unpaired) electrons. The molecule has 1 N–H and O–H groups in total. The highest BCUT2D eigenvalue weighted by Gasteiger charge is 2.21. The third kappa shape index (κ3) is 3.91. The highest BCUT2D eigenvalue weighted by molar-refractivity contribution is 7.09. The monoisotopic (exact) mass is 448 g/mol. The van der Waals surface area contributed by atoms with Crippen LogP contribution in [0, 0.1) is 6.92 Å². The van der Waals surface area contributed by atoms with Crippen LogP contribution in [0.5, 0.6) is 0 Å². The maximum Gasteiger partial charge on any atom is 0.330 e. The average molecular weight is 449 g/mol. The van der Waals surface area contributed by atoms with Gasteiger partial charge in [0.05, 0.1) is 0 Å². The number of aromatic amines is 1. The number of nitrogens with zero attached hydrogens (tertiary/aromatic N) is 5. The summed E-state index contributed by atoms with van der Waals surface area (Å²) in [7, 11) is 0. The second kappa shape index (κ2) is 8.58. The standard InChI is InChI=1S/C23H24N6O2S/c1-16-5-2-3-7-19(16)27-10-12-28(13-11-27)22-24-15-18-20(25-22)26-23(31)29(21(18)30)9-8-17-6-4-14-32-17/h2-7,14-15H,8-13H2,1H3,(H,24,25,26,31). The molecule has 0 saturated carbocycles. The van der Waals surface area contributed by atoms with Crippen molar-refractivity contribution in [2.75, 3.05) is 36.0 Å². The summed E-state index contributed by atoms with van der Waals surface area (Å²) in [4.78, 5) is 42.8. The second-order valence-corrected chi connectivity index (χ2v) is 8.94. The lowest BCUT2D eigenvalue weighted by molar-refractivity contribution is 0.633. The minimum atomic E-state index is -0.437. The summed E-state index contributed by atoms with van der Waals surface area (Å²) in [5.74, 6) is 0.535. The number of H-pyrrole nitrogens is 1. The number of aryl methyl sites for hydroxylation is 2. The Bertz CT molecular complexity index is 1350. The second-order valence-electron chi connectivity index (χ2n) is 7.91. The first-order valence-corrected chi connectivity index (χ1v) is 11.6. The molecule has 1 aliphatic heterocycles. The van der Waals surface area contributed by atoms with Gasteiger partial charge in [0, 0.05) is 49.5 Å². The lowest BCUT2D eigenvalue weighted by Gasteiger charge is -2.36. The molecule has 164 valence electrons. The molecule has 8 nitrogen and oxygen atoms in total. The minimum absolute atomic E-state index is 0.290. The zero-order chi connectivity index (χ0) is 22.1. The van der Waals surface area contributed by atoms with Crippen molar-refractivity contribution in [3.05, 3.63) is 79.3 Å². The topological polar surface area (TPSA) is 87.1 Å². The molecular weight excluding hydrogens is 424 g/mol. The molecule has 0 amide bonds. The Morgan fingerprint density at radius 3 is 2.56 bits per heavy atom. The van der Waals surface area contributed by atoms with Crippen molar-refractivity contribution in [3.8, 4) is 0 Å². The van der Waals surface area contributed by atoms with Crippen molar-refractivity contribution in [2.45, 2.75) is 19.9 Å². The zero-order valence-corrected chi connectivity index (χ0v) is 18.6. The van der Waals surface area contributed by atoms with E-state index in [0.717, 1.165) is 31.1 Å². The Morgan fingerprint density at radius 2 is 1.81 bits per heavy atom. The largest absolute Gasteiger partial charge is 0.368 e. The van der Waals surface area contributed by atoms with Crippen molar-refractivity contribution in [1.82, 2.24) is 19.5 Å². The van der Waals surface area contributed by atoms with E-state index >= 15 is 0 Å². The van der Waals surface area contributed by atoms with Crippen LogP contribution in [0.2, 0.25) is 0 Å². The van der Waals surface area contributed by atoms with E-state index in [4.69, 9.17) is 0 Å². The van der Waals surface area contributed by atoms with Crippen molar-refractivity contribution >= 4 is 34.0 Å². The third-order valence-corrected chi connectivity index (χ3v) is 6.84. The fourth-order valence-corrected chi connectivity index (χ4v) is 4.83. The first-order valence-electron chi connectivity index (χ1n) is 10.7. The Hall–Kier alpha value is -3.46. The van der Waals surface area contributed by atoms with Gasteiger partial charge in [-0.1, -0.05) is 24.3 Å². The van der Waals surface area contributed by atoms with Crippen LogP contribution in [0.25, 0.3) is 11.0 Å². The number of nitrogens with one attached hydrogen (secondary N) is 1. The molecule has 5 rings (SSSR count). The van der Waals surface area contributed by atoms with Crippen LogP contribution in [0.15, 0.2) is 57.6 Å². The molecule has 4 aromatic rings. The zero-order valence-electron chi connectivity index (χ0n) is 17.8. The summed E-state index contributed by atoms with van der Waals surface area (Å²) in [6.07, 6.45) is 2.17. The summed E-state index contributed by atoms with van der Waals surface area (Å²) < 4.78 is 1.23. The number of hydrogen-bond donors (Lipinski definition) is 1. The number of benzene rings is 1. The molecule has 0 bridgehead atoms. The van der Waals surface area contributed by atoms with Gasteiger partial charge in [0.2, 0.25) is 5.95 Å². The van der Waals surface area contributed by atoms with Crippen LogP contribution in [-0.4, -0.2) is 45.7 Å². The first-order chi connectivity index (χ1) is 15.6.